The van der Waals surface area contributed by atoms with Gasteiger partial charge in [0, 0.05) is 12.2 Å². The van der Waals surface area contributed by atoms with Gasteiger partial charge in [-0.05, 0) is 19.9 Å². The highest BCUT2D eigenvalue weighted by Gasteiger charge is 2.12. The number of nitrogens with one attached hydrogen (secondary N) is 1. The molecule has 2 rings (SSSR count). The third-order valence-corrected chi connectivity index (χ3v) is 2.34. The summed E-state index contributed by atoms with van der Waals surface area (Å²) in [4.78, 5) is 11.0. The summed E-state index contributed by atoms with van der Waals surface area (Å²) in [6.45, 7) is 4.00. The van der Waals surface area contributed by atoms with Crippen LogP contribution in [0, 0.1) is 0 Å². The normalized spacial score (nSPS) is 10.6. The van der Waals surface area contributed by atoms with Crippen molar-refractivity contribution in [1.82, 2.24) is 20.0 Å². The zero-order valence-electron chi connectivity index (χ0n) is 10.0. The van der Waals surface area contributed by atoms with Crippen molar-refractivity contribution in [2.24, 2.45) is 0 Å². The lowest BCUT2D eigenvalue weighted by molar-refractivity contribution is 0.0697. The quantitative estimate of drug-likeness (QED) is 0.854. The highest BCUT2D eigenvalue weighted by atomic mass is 16.4. The number of aromatic nitrogens is 4. The lowest BCUT2D eigenvalue weighted by Crippen LogP contribution is -2.05. The third-order valence-electron chi connectivity index (χ3n) is 2.34. The van der Waals surface area contributed by atoms with Crippen LogP contribution in [0.3, 0.4) is 0 Å². The Balaban J connectivity index is 2.25. The molecule has 0 spiro atoms. The molecule has 0 fully saturated rings. The van der Waals surface area contributed by atoms with E-state index < -0.39 is 5.97 Å². The van der Waals surface area contributed by atoms with E-state index in [1.54, 1.807) is 17.1 Å². The van der Waals surface area contributed by atoms with E-state index in [2.05, 4.69) is 20.6 Å². The first-order valence-corrected chi connectivity index (χ1v) is 5.44. The Labute approximate surface area is 103 Å². The van der Waals surface area contributed by atoms with Crippen LogP contribution in [0.5, 0.6) is 0 Å². The van der Waals surface area contributed by atoms with Crippen molar-refractivity contribution < 1.29 is 9.90 Å². The van der Waals surface area contributed by atoms with Crippen LogP contribution in [0.2, 0.25) is 0 Å². The maximum atomic E-state index is 11.0. The van der Waals surface area contributed by atoms with Crippen molar-refractivity contribution in [3.8, 4) is 0 Å². The molecular weight excluding hydrogens is 234 g/mol. The first-order chi connectivity index (χ1) is 8.58. The summed E-state index contributed by atoms with van der Waals surface area (Å²) >= 11 is 0. The Morgan fingerprint density at radius 1 is 1.50 bits per heavy atom. The Morgan fingerprint density at radius 3 is 2.89 bits per heavy atom. The van der Waals surface area contributed by atoms with E-state index in [1.165, 1.54) is 12.3 Å². The molecule has 94 valence electrons. The van der Waals surface area contributed by atoms with Gasteiger partial charge >= 0.3 is 5.97 Å². The van der Waals surface area contributed by atoms with Gasteiger partial charge in [0.1, 0.15) is 5.56 Å². The topological polar surface area (TPSA) is 92.9 Å². The maximum Gasteiger partial charge on any atom is 0.339 e. The lowest BCUT2D eigenvalue weighted by Gasteiger charge is -2.05. The first-order valence-electron chi connectivity index (χ1n) is 5.44. The van der Waals surface area contributed by atoms with Crippen molar-refractivity contribution in [2.75, 3.05) is 5.32 Å². The molecule has 0 saturated carbocycles. The second-order valence-corrected chi connectivity index (χ2v) is 4.03. The number of carbonyl (C=O) groups is 1. The largest absolute Gasteiger partial charge is 0.478 e. The Morgan fingerprint density at radius 2 is 2.28 bits per heavy atom. The number of carboxylic acids is 1. The summed E-state index contributed by atoms with van der Waals surface area (Å²) < 4.78 is 1.76. The zero-order chi connectivity index (χ0) is 13.1. The van der Waals surface area contributed by atoms with E-state index >= 15 is 0 Å². The van der Waals surface area contributed by atoms with E-state index in [1.807, 2.05) is 13.8 Å². The smallest absolute Gasteiger partial charge is 0.339 e. The Bertz CT molecular complexity index is 564. The fourth-order valence-electron chi connectivity index (χ4n) is 1.42. The van der Waals surface area contributed by atoms with Crippen molar-refractivity contribution in [3.63, 3.8) is 0 Å². The van der Waals surface area contributed by atoms with Crippen LogP contribution in [-0.4, -0.2) is 31.1 Å². The second-order valence-electron chi connectivity index (χ2n) is 4.03. The molecule has 0 aliphatic carbocycles. The number of carboxylic acid groups (broad SMARTS) is 1. The molecular formula is C11H13N5O2. The number of hydrogen-bond donors (Lipinski definition) is 2. The maximum absolute atomic E-state index is 11.0. The highest BCUT2D eigenvalue weighted by molar-refractivity contribution is 5.93. The van der Waals surface area contributed by atoms with Crippen molar-refractivity contribution in [3.05, 3.63) is 30.2 Å². The Hall–Kier alpha value is -2.44. The van der Waals surface area contributed by atoms with Crippen LogP contribution in [0.1, 0.15) is 30.2 Å². The minimum Gasteiger partial charge on any atom is -0.478 e. The number of nitrogens with zero attached hydrogens (tertiary/aromatic N) is 4. The fourth-order valence-corrected chi connectivity index (χ4v) is 1.42. The van der Waals surface area contributed by atoms with E-state index in [0.717, 1.165) is 0 Å². The standard InChI is InChI=1S/C11H13N5O2/c1-7(2)16-6-8(5-13-16)14-10-9(11(17)18)3-4-12-15-10/h3-7H,1-2H3,(H,14,15)(H,17,18). The van der Waals surface area contributed by atoms with Gasteiger partial charge in [-0.2, -0.15) is 10.2 Å². The molecule has 2 aromatic heterocycles. The summed E-state index contributed by atoms with van der Waals surface area (Å²) in [5.74, 6) is -0.850. The molecule has 0 aromatic carbocycles. The van der Waals surface area contributed by atoms with Crippen LogP contribution < -0.4 is 5.32 Å². The molecule has 0 aliphatic heterocycles. The number of rotatable bonds is 4. The first kappa shape index (κ1) is 12.0. The molecule has 0 bridgehead atoms. The third kappa shape index (κ3) is 2.45. The summed E-state index contributed by atoms with van der Waals surface area (Å²) in [5, 5.41) is 23.5. The second kappa shape index (κ2) is 4.82. The van der Waals surface area contributed by atoms with Crippen LogP contribution in [0.4, 0.5) is 11.5 Å². The fraction of sp³-hybridized carbons (Fsp3) is 0.273. The van der Waals surface area contributed by atoms with E-state index in [9.17, 15) is 4.79 Å². The SMILES string of the molecule is CC(C)n1cc(Nc2nnccc2C(=O)O)cn1. The van der Waals surface area contributed by atoms with Gasteiger partial charge in [-0.1, -0.05) is 0 Å². The number of anilines is 2. The van der Waals surface area contributed by atoms with E-state index in [4.69, 9.17) is 5.11 Å². The monoisotopic (exact) mass is 247 g/mol. The minimum absolute atomic E-state index is 0.0716. The van der Waals surface area contributed by atoms with E-state index in [-0.39, 0.29) is 17.4 Å². The lowest BCUT2D eigenvalue weighted by atomic mass is 10.3. The van der Waals surface area contributed by atoms with Crippen LogP contribution in [0.25, 0.3) is 0 Å². The van der Waals surface area contributed by atoms with Gasteiger partial charge in [0.15, 0.2) is 5.82 Å². The van der Waals surface area contributed by atoms with Gasteiger partial charge in [0.25, 0.3) is 0 Å². The minimum atomic E-state index is -1.05. The predicted octanol–water partition coefficient (Wildman–Crippen LogP) is 1.70. The summed E-state index contributed by atoms with van der Waals surface area (Å²) in [5.41, 5.74) is 0.744. The molecule has 0 saturated heterocycles. The van der Waals surface area contributed by atoms with Gasteiger partial charge in [-0.15, -0.1) is 5.10 Å². The molecule has 7 nitrogen and oxygen atoms in total. The van der Waals surface area contributed by atoms with Gasteiger partial charge in [0.2, 0.25) is 0 Å². The molecule has 0 unspecified atom stereocenters. The van der Waals surface area contributed by atoms with Crippen molar-refractivity contribution >= 4 is 17.5 Å². The average Bonchev–Trinajstić information content (AvgIpc) is 2.78. The molecule has 0 amide bonds. The molecule has 0 aliphatic rings. The molecule has 0 radical (unpaired) electrons. The van der Waals surface area contributed by atoms with Crippen molar-refractivity contribution in [1.29, 1.82) is 0 Å². The summed E-state index contributed by atoms with van der Waals surface area (Å²) in [6, 6.07) is 1.63. The molecule has 18 heavy (non-hydrogen) atoms. The molecule has 7 heteroatoms. The Kier molecular flexibility index (Phi) is 3.22. The molecule has 2 N–H and O–H groups in total. The van der Waals surface area contributed by atoms with Crippen LogP contribution in [0.15, 0.2) is 24.7 Å². The van der Waals surface area contributed by atoms with Crippen molar-refractivity contribution in [2.45, 2.75) is 19.9 Å². The summed E-state index contributed by atoms with van der Waals surface area (Å²) in [6.07, 6.45) is 4.73. The zero-order valence-corrected chi connectivity index (χ0v) is 10.0. The summed E-state index contributed by atoms with van der Waals surface area (Å²) in [7, 11) is 0. The van der Waals surface area contributed by atoms with Crippen LogP contribution in [-0.2, 0) is 0 Å². The van der Waals surface area contributed by atoms with Gasteiger partial charge in [0.05, 0.1) is 18.1 Å². The average molecular weight is 247 g/mol. The molecule has 0 atom stereocenters. The number of aromatic carboxylic acids is 1. The number of hydrogen-bond acceptors (Lipinski definition) is 5. The highest BCUT2D eigenvalue weighted by Crippen LogP contribution is 2.18. The van der Waals surface area contributed by atoms with Gasteiger partial charge in [-0.25, -0.2) is 4.79 Å². The van der Waals surface area contributed by atoms with Gasteiger partial charge < -0.3 is 10.4 Å². The molecule has 2 heterocycles. The van der Waals surface area contributed by atoms with Crippen LogP contribution >= 0.6 is 0 Å². The van der Waals surface area contributed by atoms with Gasteiger partial charge in [-0.3, -0.25) is 4.68 Å². The molecule has 2 aromatic rings. The predicted molar refractivity (Wildman–Crippen MR) is 64.9 cm³/mol. The van der Waals surface area contributed by atoms with E-state index in [0.29, 0.717) is 5.69 Å².